The Balaban J connectivity index is 1.32. The predicted molar refractivity (Wildman–Crippen MR) is 215 cm³/mol. The Morgan fingerprint density at radius 3 is 1.15 bits per heavy atom. The highest BCUT2D eigenvalue weighted by Crippen LogP contribution is 2.51. The average Bonchev–Trinajstić information content (AvgIpc) is 3.69. The van der Waals surface area contributed by atoms with Crippen molar-refractivity contribution in [3.63, 3.8) is 0 Å². The minimum atomic E-state index is 0.0397. The molecule has 4 nitrogen and oxygen atoms in total. The zero-order chi connectivity index (χ0) is 35.5. The summed E-state index contributed by atoms with van der Waals surface area (Å²) in [6.45, 7) is 13.3. The third-order valence-electron chi connectivity index (χ3n) is 10.6. The zero-order valence-corrected chi connectivity index (χ0v) is 30.2. The number of benzene rings is 8. The van der Waals surface area contributed by atoms with Crippen molar-refractivity contribution in [2.24, 2.45) is 0 Å². The van der Waals surface area contributed by atoms with E-state index in [4.69, 9.17) is 18.3 Å². The molecule has 0 saturated heterocycles. The van der Waals surface area contributed by atoms with E-state index >= 15 is 0 Å². The molecule has 52 heavy (non-hydrogen) atoms. The summed E-state index contributed by atoms with van der Waals surface area (Å²) < 4.78 is 27.1. The fraction of sp³-hybridized carbons (Fsp3) is 0.167. The second-order valence-corrected chi connectivity index (χ2v) is 16.1. The first kappa shape index (κ1) is 30.8. The van der Waals surface area contributed by atoms with Gasteiger partial charge in [0, 0.05) is 53.9 Å². The maximum Gasteiger partial charge on any atom is 0.143 e. The summed E-state index contributed by atoms with van der Waals surface area (Å²) in [7, 11) is 0. The highest BCUT2D eigenvalue weighted by Gasteiger charge is 2.25. The summed E-state index contributed by atoms with van der Waals surface area (Å²) in [5.74, 6) is 3.07. The zero-order valence-electron chi connectivity index (χ0n) is 30.2. The van der Waals surface area contributed by atoms with Gasteiger partial charge in [0.25, 0.3) is 0 Å². The van der Waals surface area contributed by atoms with Gasteiger partial charge >= 0.3 is 0 Å². The second-order valence-electron chi connectivity index (χ2n) is 16.1. The minimum absolute atomic E-state index is 0.0397. The fourth-order valence-corrected chi connectivity index (χ4v) is 7.86. The van der Waals surface area contributed by atoms with Gasteiger partial charge in [0.2, 0.25) is 0 Å². The van der Waals surface area contributed by atoms with E-state index < -0.39 is 0 Å². The Bertz CT molecular complexity index is 2790. The molecule has 10 rings (SSSR count). The number of fused-ring (bicyclic) bond motifs is 8. The average molecular weight is 679 g/mol. The van der Waals surface area contributed by atoms with Gasteiger partial charge in [-0.05, 0) is 82.6 Å². The molecule has 0 amide bonds. The molecule has 0 saturated carbocycles. The lowest BCUT2D eigenvalue weighted by atomic mass is 9.87. The predicted octanol–water partition coefficient (Wildman–Crippen LogP) is 14.6. The van der Waals surface area contributed by atoms with Crippen LogP contribution in [0.2, 0.25) is 0 Å². The van der Waals surface area contributed by atoms with Crippen LogP contribution in [0, 0.1) is 0 Å². The molecule has 8 aromatic carbocycles. The molecule has 0 aliphatic rings. The molecule has 0 radical (unpaired) electrons. The van der Waals surface area contributed by atoms with Crippen LogP contribution < -0.4 is 9.47 Å². The van der Waals surface area contributed by atoms with Crippen molar-refractivity contribution in [2.45, 2.75) is 52.4 Å². The maximum absolute atomic E-state index is 6.88. The minimum Gasteiger partial charge on any atom is -0.457 e. The molecule has 0 unspecified atom stereocenters. The molecule has 4 heteroatoms. The van der Waals surface area contributed by atoms with Gasteiger partial charge in [-0.3, -0.25) is 0 Å². The van der Waals surface area contributed by atoms with Crippen molar-refractivity contribution < 1.29 is 18.3 Å². The van der Waals surface area contributed by atoms with Gasteiger partial charge in [-0.25, -0.2) is 0 Å². The van der Waals surface area contributed by atoms with E-state index in [1.165, 1.54) is 11.1 Å². The Kier molecular flexibility index (Phi) is 6.37. The van der Waals surface area contributed by atoms with Crippen LogP contribution in [0.5, 0.6) is 23.0 Å². The number of furan rings is 2. The van der Waals surface area contributed by atoms with Gasteiger partial charge in [-0.1, -0.05) is 102 Å². The smallest absolute Gasteiger partial charge is 0.143 e. The van der Waals surface area contributed by atoms with Crippen LogP contribution in [0.4, 0.5) is 0 Å². The van der Waals surface area contributed by atoms with Crippen LogP contribution >= 0.6 is 0 Å². The van der Waals surface area contributed by atoms with Crippen molar-refractivity contribution in [1.29, 1.82) is 0 Å². The van der Waals surface area contributed by atoms with Gasteiger partial charge in [0.15, 0.2) is 0 Å². The Morgan fingerprint density at radius 1 is 0.385 bits per heavy atom. The molecule has 0 aliphatic carbocycles. The van der Waals surface area contributed by atoms with Crippen LogP contribution in [0.1, 0.15) is 52.7 Å². The van der Waals surface area contributed by atoms with Gasteiger partial charge in [-0.15, -0.1) is 0 Å². The summed E-state index contributed by atoms with van der Waals surface area (Å²) >= 11 is 0. The highest BCUT2D eigenvalue weighted by atomic mass is 16.5. The van der Waals surface area contributed by atoms with Crippen LogP contribution in [0.15, 0.2) is 130 Å². The number of rotatable bonds is 4. The number of ether oxygens (including phenoxy) is 2. The molecule has 0 spiro atoms. The van der Waals surface area contributed by atoms with E-state index in [9.17, 15) is 0 Å². The third kappa shape index (κ3) is 4.67. The number of hydrogen-bond donors (Lipinski definition) is 0. The molecule has 2 aromatic heterocycles. The van der Waals surface area contributed by atoms with E-state index in [0.29, 0.717) is 0 Å². The van der Waals surface area contributed by atoms with E-state index in [1.54, 1.807) is 0 Å². The molecule has 10 aromatic rings. The summed E-state index contributed by atoms with van der Waals surface area (Å²) in [4.78, 5) is 0. The van der Waals surface area contributed by atoms with E-state index in [2.05, 4.69) is 139 Å². The molecular weight excluding hydrogens is 641 g/mol. The molecule has 0 N–H and O–H groups in total. The maximum atomic E-state index is 6.88. The van der Waals surface area contributed by atoms with Crippen molar-refractivity contribution in [3.8, 4) is 23.0 Å². The summed E-state index contributed by atoms with van der Waals surface area (Å²) in [6.07, 6.45) is 0. The standard InChI is InChI=1S/C48H38O4/c1-47(2,3)27-15-19-29(20-16-27)49-41-25-37-44-36(24-34-32-12-8-10-14-40(32)51-45(34)37)42(50-30-21-17-28(18-22-30)48(4,5)6)26-38-43(44)35(41)23-33-31-11-7-9-13-39(31)52-46(33)38/h7-26H,1-6H3. The normalized spacial score (nSPS) is 12.8. The second kappa shape index (κ2) is 10.8. The molecule has 0 fully saturated rings. The first-order valence-electron chi connectivity index (χ1n) is 18.0. The van der Waals surface area contributed by atoms with Crippen molar-refractivity contribution in [2.75, 3.05) is 0 Å². The molecule has 0 aliphatic heterocycles. The summed E-state index contributed by atoms with van der Waals surface area (Å²) in [5.41, 5.74) is 5.91. The fourth-order valence-electron chi connectivity index (χ4n) is 7.86. The van der Waals surface area contributed by atoms with E-state index in [1.807, 2.05) is 24.3 Å². The largest absolute Gasteiger partial charge is 0.457 e. The quantitative estimate of drug-likeness (QED) is 0.174. The van der Waals surface area contributed by atoms with Crippen molar-refractivity contribution in [1.82, 2.24) is 0 Å². The first-order chi connectivity index (χ1) is 25.0. The van der Waals surface area contributed by atoms with E-state index in [0.717, 1.165) is 99.2 Å². The van der Waals surface area contributed by atoms with Crippen LogP contribution in [-0.2, 0) is 10.8 Å². The Hall–Kier alpha value is -6.00. The van der Waals surface area contributed by atoms with Gasteiger partial charge in [0.1, 0.15) is 45.3 Å². The van der Waals surface area contributed by atoms with Crippen LogP contribution in [0.25, 0.3) is 76.2 Å². The van der Waals surface area contributed by atoms with Crippen LogP contribution in [-0.4, -0.2) is 0 Å². The Morgan fingerprint density at radius 2 is 0.769 bits per heavy atom. The number of hydrogen-bond acceptors (Lipinski definition) is 4. The molecule has 0 bridgehead atoms. The first-order valence-corrected chi connectivity index (χ1v) is 18.0. The summed E-state index contributed by atoms with van der Waals surface area (Å²) in [5, 5.41) is 10.2. The highest BCUT2D eigenvalue weighted by molar-refractivity contribution is 6.36. The monoisotopic (exact) mass is 678 g/mol. The van der Waals surface area contributed by atoms with Crippen LogP contribution in [0.3, 0.4) is 0 Å². The molecule has 254 valence electrons. The third-order valence-corrected chi connectivity index (χ3v) is 10.6. The van der Waals surface area contributed by atoms with Gasteiger partial charge in [-0.2, -0.15) is 0 Å². The lowest BCUT2D eigenvalue weighted by Crippen LogP contribution is -2.10. The molecular formula is C48H38O4. The Labute approximate surface area is 301 Å². The van der Waals surface area contributed by atoms with Crippen molar-refractivity contribution >= 4 is 76.2 Å². The van der Waals surface area contributed by atoms with Crippen molar-refractivity contribution in [3.05, 3.63) is 132 Å². The molecule has 0 atom stereocenters. The lowest BCUT2D eigenvalue weighted by molar-refractivity contribution is 0.486. The molecule has 2 heterocycles. The summed E-state index contributed by atoms with van der Waals surface area (Å²) in [6, 6.07) is 42.1. The lowest BCUT2D eigenvalue weighted by Gasteiger charge is -2.21. The van der Waals surface area contributed by atoms with Gasteiger partial charge in [0.05, 0.1) is 0 Å². The number of para-hydroxylation sites is 2. The SMILES string of the molecule is CC(C)(C)c1ccc(Oc2cc3c4oc5ccccc5c4cc4c(Oc5ccc(C(C)(C)C)cc5)cc5c6oc7ccccc7c6cc2c5c43)cc1. The van der Waals surface area contributed by atoms with E-state index in [-0.39, 0.29) is 10.8 Å². The topological polar surface area (TPSA) is 44.7 Å². The van der Waals surface area contributed by atoms with Gasteiger partial charge < -0.3 is 18.3 Å².